The third kappa shape index (κ3) is 6.27. The summed E-state index contributed by atoms with van der Waals surface area (Å²) >= 11 is 0. The Morgan fingerprint density at radius 3 is 2.78 bits per heavy atom. The molecule has 0 aliphatic carbocycles. The molecule has 1 aliphatic heterocycles. The van der Waals surface area contributed by atoms with Gasteiger partial charge >= 0.3 is 6.03 Å². The highest BCUT2D eigenvalue weighted by Gasteiger charge is 2.30. The highest BCUT2D eigenvalue weighted by atomic mass is 16.2. The van der Waals surface area contributed by atoms with Gasteiger partial charge < -0.3 is 20.9 Å². The molecule has 0 aromatic heterocycles. The normalized spacial score (nSPS) is 17.7. The van der Waals surface area contributed by atoms with E-state index in [-0.39, 0.29) is 23.8 Å². The van der Waals surface area contributed by atoms with E-state index in [1.165, 1.54) is 0 Å². The van der Waals surface area contributed by atoms with Gasteiger partial charge in [-0.05, 0) is 50.8 Å². The predicted molar refractivity (Wildman–Crippen MR) is 105 cm³/mol. The minimum Gasteiger partial charge on any atom is -0.354 e. The molecule has 0 bridgehead atoms. The predicted octanol–water partition coefficient (Wildman–Crippen LogP) is 2.27. The van der Waals surface area contributed by atoms with Crippen LogP contribution in [0.4, 0.5) is 10.5 Å². The second kappa shape index (κ2) is 9.94. The van der Waals surface area contributed by atoms with Gasteiger partial charge in [0.1, 0.15) is 6.04 Å². The van der Waals surface area contributed by atoms with Crippen LogP contribution in [0, 0.1) is 12.8 Å². The molecule has 27 heavy (non-hydrogen) atoms. The standard InChI is InChI=1S/C20H30N4O3/c1-4-10-21-18(25)15(3)22-19(26)16-8-6-11-24(13-16)20(27)23-17-9-5-7-14(2)12-17/h5,7,9,12,15-16H,4,6,8,10-11,13H2,1-3H3,(H,21,25)(H,22,26)(H,23,27)/t15-,16+/m1/s1. The van der Waals surface area contributed by atoms with Crippen LogP contribution in [0.2, 0.25) is 0 Å². The van der Waals surface area contributed by atoms with E-state index < -0.39 is 6.04 Å². The van der Waals surface area contributed by atoms with Gasteiger partial charge in [-0.3, -0.25) is 9.59 Å². The van der Waals surface area contributed by atoms with Gasteiger partial charge in [0.15, 0.2) is 0 Å². The summed E-state index contributed by atoms with van der Waals surface area (Å²) in [6.07, 6.45) is 2.32. The number of piperidine rings is 1. The zero-order valence-electron chi connectivity index (χ0n) is 16.4. The Kier molecular flexibility index (Phi) is 7.64. The lowest BCUT2D eigenvalue weighted by Crippen LogP contribution is -2.51. The van der Waals surface area contributed by atoms with E-state index in [9.17, 15) is 14.4 Å². The molecule has 1 aromatic rings. The lowest BCUT2D eigenvalue weighted by atomic mass is 9.97. The van der Waals surface area contributed by atoms with Crippen molar-refractivity contribution in [3.05, 3.63) is 29.8 Å². The number of amides is 4. The Morgan fingerprint density at radius 1 is 1.30 bits per heavy atom. The van der Waals surface area contributed by atoms with Crippen LogP contribution >= 0.6 is 0 Å². The molecule has 1 saturated heterocycles. The van der Waals surface area contributed by atoms with Crippen LogP contribution in [0.5, 0.6) is 0 Å². The lowest BCUT2D eigenvalue weighted by molar-refractivity contribution is -0.131. The number of benzene rings is 1. The lowest BCUT2D eigenvalue weighted by Gasteiger charge is -2.32. The van der Waals surface area contributed by atoms with E-state index in [1.54, 1.807) is 11.8 Å². The number of anilines is 1. The van der Waals surface area contributed by atoms with Gasteiger partial charge in [-0.1, -0.05) is 19.1 Å². The summed E-state index contributed by atoms with van der Waals surface area (Å²) in [7, 11) is 0. The molecular weight excluding hydrogens is 344 g/mol. The molecule has 2 atom stereocenters. The van der Waals surface area contributed by atoms with Gasteiger partial charge in [0, 0.05) is 25.3 Å². The second-order valence-electron chi connectivity index (χ2n) is 7.11. The van der Waals surface area contributed by atoms with E-state index in [4.69, 9.17) is 0 Å². The monoisotopic (exact) mass is 374 g/mol. The summed E-state index contributed by atoms with van der Waals surface area (Å²) in [4.78, 5) is 38.6. The fourth-order valence-corrected chi connectivity index (χ4v) is 3.10. The summed E-state index contributed by atoms with van der Waals surface area (Å²) in [5.74, 6) is -0.666. The zero-order chi connectivity index (χ0) is 19.8. The highest BCUT2D eigenvalue weighted by Crippen LogP contribution is 2.18. The Morgan fingerprint density at radius 2 is 2.07 bits per heavy atom. The molecular formula is C20H30N4O3. The number of nitrogens with zero attached hydrogens (tertiary/aromatic N) is 1. The van der Waals surface area contributed by atoms with Gasteiger partial charge in [0.05, 0.1) is 5.92 Å². The van der Waals surface area contributed by atoms with Crippen molar-refractivity contribution in [2.75, 3.05) is 25.0 Å². The number of hydrogen-bond acceptors (Lipinski definition) is 3. The number of nitrogens with one attached hydrogen (secondary N) is 3. The van der Waals surface area contributed by atoms with Gasteiger partial charge in [0.2, 0.25) is 11.8 Å². The first kappa shape index (κ1) is 20.7. The topological polar surface area (TPSA) is 90.5 Å². The van der Waals surface area contributed by atoms with Crippen LogP contribution in [-0.2, 0) is 9.59 Å². The molecule has 3 N–H and O–H groups in total. The molecule has 7 heteroatoms. The van der Waals surface area contributed by atoms with Gasteiger partial charge in [0.25, 0.3) is 0 Å². The maximum Gasteiger partial charge on any atom is 0.321 e. The fourth-order valence-electron chi connectivity index (χ4n) is 3.10. The number of carbonyl (C=O) groups is 3. The summed E-state index contributed by atoms with van der Waals surface area (Å²) < 4.78 is 0. The maximum atomic E-state index is 12.5. The number of aryl methyl sites for hydroxylation is 1. The van der Waals surface area contributed by atoms with Crippen LogP contribution in [0.15, 0.2) is 24.3 Å². The summed E-state index contributed by atoms with van der Waals surface area (Å²) in [5, 5.41) is 8.42. The van der Waals surface area contributed by atoms with E-state index in [0.29, 0.717) is 26.1 Å². The molecule has 0 radical (unpaired) electrons. The quantitative estimate of drug-likeness (QED) is 0.713. The van der Waals surface area contributed by atoms with Crippen molar-refractivity contribution < 1.29 is 14.4 Å². The number of carbonyl (C=O) groups excluding carboxylic acids is 3. The third-order valence-electron chi connectivity index (χ3n) is 4.65. The number of rotatable bonds is 6. The number of hydrogen-bond donors (Lipinski definition) is 3. The average molecular weight is 374 g/mol. The molecule has 2 rings (SSSR count). The molecule has 1 aromatic carbocycles. The smallest absolute Gasteiger partial charge is 0.321 e. The number of urea groups is 1. The van der Waals surface area contributed by atoms with Crippen molar-refractivity contribution in [3.8, 4) is 0 Å². The van der Waals surface area contributed by atoms with Gasteiger partial charge in [-0.15, -0.1) is 0 Å². The molecule has 0 unspecified atom stereocenters. The molecule has 4 amide bonds. The Hall–Kier alpha value is -2.57. The van der Waals surface area contributed by atoms with Crippen LogP contribution in [0.25, 0.3) is 0 Å². The van der Waals surface area contributed by atoms with Crippen molar-refractivity contribution in [1.82, 2.24) is 15.5 Å². The largest absolute Gasteiger partial charge is 0.354 e. The summed E-state index contributed by atoms with van der Waals surface area (Å²) in [5.41, 5.74) is 1.81. The van der Waals surface area contributed by atoms with Crippen LogP contribution in [-0.4, -0.2) is 48.4 Å². The number of likely N-dealkylation sites (tertiary alicyclic amines) is 1. The van der Waals surface area contributed by atoms with Crippen molar-refractivity contribution in [2.24, 2.45) is 5.92 Å². The average Bonchev–Trinajstić information content (AvgIpc) is 2.66. The molecule has 1 fully saturated rings. The zero-order valence-corrected chi connectivity index (χ0v) is 16.4. The minimum atomic E-state index is -0.583. The van der Waals surface area contributed by atoms with Gasteiger partial charge in [-0.25, -0.2) is 4.79 Å². The summed E-state index contributed by atoms with van der Waals surface area (Å²) in [6.45, 7) is 7.18. The fraction of sp³-hybridized carbons (Fsp3) is 0.550. The van der Waals surface area contributed by atoms with Crippen molar-refractivity contribution in [1.29, 1.82) is 0 Å². The first-order valence-electron chi connectivity index (χ1n) is 9.61. The second-order valence-corrected chi connectivity index (χ2v) is 7.11. The molecule has 1 aliphatic rings. The van der Waals surface area contributed by atoms with Crippen molar-refractivity contribution in [2.45, 2.75) is 46.1 Å². The molecule has 1 heterocycles. The van der Waals surface area contributed by atoms with E-state index in [0.717, 1.165) is 24.1 Å². The molecule has 0 spiro atoms. The maximum absolute atomic E-state index is 12.5. The van der Waals surface area contributed by atoms with Crippen LogP contribution in [0.3, 0.4) is 0 Å². The minimum absolute atomic E-state index is 0.179. The highest BCUT2D eigenvalue weighted by molar-refractivity contribution is 5.91. The van der Waals surface area contributed by atoms with E-state index in [1.807, 2.05) is 38.1 Å². The molecule has 148 valence electrons. The first-order chi connectivity index (χ1) is 12.9. The van der Waals surface area contributed by atoms with Crippen molar-refractivity contribution in [3.63, 3.8) is 0 Å². The van der Waals surface area contributed by atoms with Crippen molar-refractivity contribution >= 4 is 23.5 Å². The van der Waals surface area contributed by atoms with Crippen LogP contribution in [0.1, 0.15) is 38.7 Å². The first-order valence-corrected chi connectivity index (χ1v) is 9.61. The Bertz CT molecular complexity index is 677. The third-order valence-corrected chi connectivity index (χ3v) is 4.65. The Balaban J connectivity index is 1.87. The van der Waals surface area contributed by atoms with Gasteiger partial charge in [-0.2, -0.15) is 0 Å². The molecule has 7 nitrogen and oxygen atoms in total. The summed E-state index contributed by atoms with van der Waals surface area (Å²) in [6, 6.07) is 6.82. The van der Waals surface area contributed by atoms with Crippen LogP contribution < -0.4 is 16.0 Å². The molecule has 0 saturated carbocycles. The Labute approximate surface area is 160 Å². The van der Waals surface area contributed by atoms with E-state index >= 15 is 0 Å². The van der Waals surface area contributed by atoms with E-state index in [2.05, 4.69) is 16.0 Å². The SMILES string of the molecule is CCCNC(=O)[C@@H](C)NC(=O)[C@H]1CCCN(C(=O)Nc2cccc(C)c2)C1.